The third-order valence-corrected chi connectivity index (χ3v) is 4.99. The summed E-state index contributed by atoms with van der Waals surface area (Å²) in [5.41, 5.74) is 1.02. The third-order valence-electron chi connectivity index (χ3n) is 4.99. The fraction of sp³-hybridized carbons (Fsp3) is 0.667. The molecule has 6 heteroatoms. The molecule has 130 valence electrons. The van der Waals surface area contributed by atoms with Gasteiger partial charge in [-0.1, -0.05) is 6.42 Å². The highest BCUT2D eigenvalue weighted by atomic mass is 16.2. The smallest absolute Gasteiger partial charge is 0.242 e. The van der Waals surface area contributed by atoms with Crippen molar-refractivity contribution in [2.45, 2.75) is 51.4 Å². The van der Waals surface area contributed by atoms with Crippen molar-refractivity contribution in [3.8, 4) is 0 Å². The topological polar surface area (TPSA) is 66.4 Å². The Hall–Kier alpha value is -1.98. The second-order valence-corrected chi connectivity index (χ2v) is 6.83. The number of nitrogens with zero attached hydrogens (tertiary/aromatic N) is 4. The fourth-order valence-electron chi connectivity index (χ4n) is 3.62. The first-order chi connectivity index (χ1) is 11.6. The number of hydrogen-bond acceptors (Lipinski definition) is 4. The van der Waals surface area contributed by atoms with Crippen molar-refractivity contribution in [2.24, 2.45) is 0 Å². The summed E-state index contributed by atoms with van der Waals surface area (Å²) in [6, 6.07) is 1.95. The fourth-order valence-corrected chi connectivity index (χ4v) is 3.62. The Morgan fingerprint density at radius 3 is 2.96 bits per heavy atom. The van der Waals surface area contributed by atoms with E-state index in [0.717, 1.165) is 50.2 Å². The van der Waals surface area contributed by atoms with Crippen molar-refractivity contribution in [1.82, 2.24) is 19.8 Å². The molecule has 0 N–H and O–H groups in total. The largest absolute Gasteiger partial charge is 0.340 e. The minimum absolute atomic E-state index is 0.0701. The molecule has 2 aliphatic rings. The maximum Gasteiger partial charge on any atom is 0.242 e. The summed E-state index contributed by atoms with van der Waals surface area (Å²) < 4.78 is 0. The number of aryl methyl sites for hydroxylation is 1. The Kier molecular flexibility index (Phi) is 5.43. The SMILES string of the molecule is Cc1nccc([C@@H]2CCCN(C(=O)CN3CCCCCC3=O)C2)n1. The molecule has 0 unspecified atom stereocenters. The summed E-state index contributed by atoms with van der Waals surface area (Å²) >= 11 is 0. The van der Waals surface area contributed by atoms with E-state index in [0.29, 0.717) is 19.5 Å². The molecule has 0 aliphatic carbocycles. The summed E-state index contributed by atoms with van der Waals surface area (Å²) in [6.07, 6.45) is 7.42. The number of piperidine rings is 1. The molecular formula is C18H26N4O2. The van der Waals surface area contributed by atoms with Crippen LogP contribution in [0.5, 0.6) is 0 Å². The highest BCUT2D eigenvalue weighted by molar-refractivity contribution is 5.85. The average Bonchev–Trinajstić information content (AvgIpc) is 2.80. The number of rotatable bonds is 3. The Morgan fingerprint density at radius 2 is 2.12 bits per heavy atom. The molecule has 3 heterocycles. The molecule has 1 aromatic rings. The minimum Gasteiger partial charge on any atom is -0.340 e. The maximum atomic E-state index is 12.7. The molecular weight excluding hydrogens is 304 g/mol. The quantitative estimate of drug-likeness (QED) is 0.849. The van der Waals surface area contributed by atoms with Crippen LogP contribution in [0.25, 0.3) is 0 Å². The van der Waals surface area contributed by atoms with Gasteiger partial charge in [-0.3, -0.25) is 9.59 Å². The zero-order valence-corrected chi connectivity index (χ0v) is 14.4. The molecule has 0 spiro atoms. The van der Waals surface area contributed by atoms with Gasteiger partial charge in [0.15, 0.2) is 0 Å². The van der Waals surface area contributed by atoms with Crippen LogP contribution in [-0.2, 0) is 9.59 Å². The minimum atomic E-state index is 0.0701. The number of carbonyl (C=O) groups excluding carboxylic acids is 2. The van der Waals surface area contributed by atoms with Gasteiger partial charge in [0.2, 0.25) is 11.8 Å². The number of likely N-dealkylation sites (tertiary alicyclic amines) is 2. The van der Waals surface area contributed by atoms with E-state index in [1.54, 1.807) is 11.1 Å². The first kappa shape index (κ1) is 16.9. The van der Waals surface area contributed by atoms with E-state index in [4.69, 9.17) is 0 Å². The van der Waals surface area contributed by atoms with Gasteiger partial charge in [0.1, 0.15) is 5.82 Å². The molecule has 0 saturated carbocycles. The average molecular weight is 330 g/mol. The van der Waals surface area contributed by atoms with E-state index < -0.39 is 0 Å². The summed E-state index contributed by atoms with van der Waals surface area (Å²) in [7, 11) is 0. The summed E-state index contributed by atoms with van der Waals surface area (Å²) in [5.74, 6) is 1.23. The molecule has 0 aromatic carbocycles. The van der Waals surface area contributed by atoms with Crippen molar-refractivity contribution >= 4 is 11.8 Å². The lowest BCUT2D eigenvalue weighted by Crippen LogP contribution is -2.46. The molecule has 1 aromatic heterocycles. The number of aromatic nitrogens is 2. The number of hydrogen-bond donors (Lipinski definition) is 0. The van der Waals surface area contributed by atoms with E-state index in [9.17, 15) is 9.59 Å². The van der Waals surface area contributed by atoms with Gasteiger partial charge in [0.25, 0.3) is 0 Å². The van der Waals surface area contributed by atoms with Crippen molar-refractivity contribution in [1.29, 1.82) is 0 Å². The molecule has 2 fully saturated rings. The third kappa shape index (κ3) is 4.10. The molecule has 0 bridgehead atoms. The first-order valence-electron chi connectivity index (χ1n) is 8.98. The monoisotopic (exact) mass is 330 g/mol. The number of carbonyl (C=O) groups is 2. The Labute approximate surface area is 143 Å². The van der Waals surface area contributed by atoms with E-state index >= 15 is 0 Å². The van der Waals surface area contributed by atoms with Gasteiger partial charge in [0, 0.05) is 43.9 Å². The van der Waals surface area contributed by atoms with Crippen LogP contribution in [0.2, 0.25) is 0 Å². The Bertz CT molecular complexity index is 604. The molecule has 3 rings (SSSR count). The summed E-state index contributed by atoms with van der Waals surface area (Å²) in [5, 5.41) is 0. The van der Waals surface area contributed by atoms with Crippen LogP contribution in [0.15, 0.2) is 12.3 Å². The standard InChI is InChI=1S/C18H26N4O2/c1-14-19-9-8-16(20-14)15-6-5-11-21(12-15)18(24)13-22-10-4-2-3-7-17(22)23/h8-9,15H,2-7,10-13H2,1H3/t15-/m1/s1. The Morgan fingerprint density at radius 1 is 1.25 bits per heavy atom. The first-order valence-corrected chi connectivity index (χ1v) is 8.98. The molecule has 2 aliphatic heterocycles. The van der Waals surface area contributed by atoms with Crippen molar-refractivity contribution in [3.63, 3.8) is 0 Å². The van der Waals surface area contributed by atoms with Crippen LogP contribution >= 0.6 is 0 Å². The summed E-state index contributed by atoms with van der Waals surface area (Å²) in [6.45, 7) is 4.31. The lowest BCUT2D eigenvalue weighted by molar-refractivity contribution is -0.140. The lowest BCUT2D eigenvalue weighted by atomic mass is 9.94. The van der Waals surface area contributed by atoms with Crippen LogP contribution in [0.4, 0.5) is 0 Å². The van der Waals surface area contributed by atoms with Crippen LogP contribution in [0, 0.1) is 6.92 Å². The second kappa shape index (κ2) is 7.73. The predicted octanol–water partition coefficient (Wildman–Crippen LogP) is 1.89. The van der Waals surface area contributed by atoms with Gasteiger partial charge < -0.3 is 9.80 Å². The van der Waals surface area contributed by atoms with Crippen molar-refractivity contribution < 1.29 is 9.59 Å². The van der Waals surface area contributed by atoms with Crippen LogP contribution in [0.3, 0.4) is 0 Å². The van der Waals surface area contributed by atoms with E-state index in [1.165, 1.54) is 0 Å². The molecule has 6 nitrogen and oxygen atoms in total. The zero-order valence-electron chi connectivity index (χ0n) is 14.4. The van der Waals surface area contributed by atoms with E-state index in [1.807, 2.05) is 17.9 Å². The normalized spacial score (nSPS) is 22.4. The van der Waals surface area contributed by atoms with E-state index in [2.05, 4.69) is 9.97 Å². The molecule has 1 atom stereocenters. The van der Waals surface area contributed by atoms with E-state index in [-0.39, 0.29) is 24.3 Å². The highest BCUT2D eigenvalue weighted by Gasteiger charge is 2.28. The van der Waals surface area contributed by atoms with Crippen LogP contribution < -0.4 is 0 Å². The Balaban J connectivity index is 1.61. The second-order valence-electron chi connectivity index (χ2n) is 6.83. The van der Waals surface area contributed by atoms with Gasteiger partial charge in [-0.05, 0) is 38.7 Å². The highest BCUT2D eigenvalue weighted by Crippen LogP contribution is 2.25. The molecule has 24 heavy (non-hydrogen) atoms. The molecule has 2 saturated heterocycles. The lowest BCUT2D eigenvalue weighted by Gasteiger charge is -2.34. The summed E-state index contributed by atoms with van der Waals surface area (Å²) in [4.78, 5) is 37.1. The maximum absolute atomic E-state index is 12.7. The number of amides is 2. The molecule has 2 amide bonds. The van der Waals surface area contributed by atoms with Gasteiger partial charge in [-0.2, -0.15) is 0 Å². The predicted molar refractivity (Wildman–Crippen MR) is 90.4 cm³/mol. The molecule has 0 radical (unpaired) electrons. The van der Waals surface area contributed by atoms with Gasteiger partial charge in [-0.15, -0.1) is 0 Å². The van der Waals surface area contributed by atoms with Crippen molar-refractivity contribution in [3.05, 3.63) is 23.8 Å². The zero-order chi connectivity index (χ0) is 16.9. The van der Waals surface area contributed by atoms with Crippen molar-refractivity contribution in [2.75, 3.05) is 26.2 Å². The van der Waals surface area contributed by atoms with Crippen LogP contribution in [-0.4, -0.2) is 57.8 Å². The van der Waals surface area contributed by atoms with Gasteiger partial charge in [-0.25, -0.2) is 9.97 Å². The van der Waals surface area contributed by atoms with Gasteiger partial charge >= 0.3 is 0 Å². The van der Waals surface area contributed by atoms with Crippen LogP contribution in [0.1, 0.15) is 56.0 Å². The van der Waals surface area contributed by atoms with Gasteiger partial charge in [0.05, 0.1) is 6.54 Å².